The summed E-state index contributed by atoms with van der Waals surface area (Å²) in [6, 6.07) is 5.63. The van der Waals surface area contributed by atoms with Crippen LogP contribution in [0.1, 0.15) is 41.3 Å². The molecular formula is C23H19Cl2F4N3O4. The lowest BCUT2D eigenvalue weighted by atomic mass is 9.86. The van der Waals surface area contributed by atoms with E-state index in [0.29, 0.717) is 0 Å². The molecule has 0 aromatic heterocycles. The molecule has 2 heterocycles. The van der Waals surface area contributed by atoms with Gasteiger partial charge < -0.3 is 20.2 Å². The molecule has 0 saturated carbocycles. The van der Waals surface area contributed by atoms with Crippen molar-refractivity contribution in [2.75, 3.05) is 6.54 Å². The Labute approximate surface area is 212 Å². The first-order valence-electron chi connectivity index (χ1n) is 10.7. The Kier molecular flexibility index (Phi) is 6.93. The summed E-state index contributed by atoms with van der Waals surface area (Å²) in [5.74, 6) is -1.86. The second kappa shape index (κ2) is 9.53. The molecule has 1 fully saturated rings. The van der Waals surface area contributed by atoms with Gasteiger partial charge in [0, 0.05) is 24.1 Å². The predicted octanol–water partition coefficient (Wildman–Crippen LogP) is 4.38. The predicted molar refractivity (Wildman–Crippen MR) is 122 cm³/mol. The number of halogens is 6. The highest BCUT2D eigenvalue weighted by Crippen LogP contribution is 2.49. The van der Waals surface area contributed by atoms with Crippen molar-refractivity contribution >= 4 is 40.7 Å². The maximum absolute atomic E-state index is 14.1. The van der Waals surface area contributed by atoms with Crippen LogP contribution in [0.15, 0.2) is 41.6 Å². The average Bonchev–Trinajstić information content (AvgIpc) is 3.37. The van der Waals surface area contributed by atoms with E-state index in [0.717, 1.165) is 18.2 Å². The summed E-state index contributed by atoms with van der Waals surface area (Å²) in [5.41, 5.74) is -3.26. The van der Waals surface area contributed by atoms with Crippen molar-refractivity contribution in [2.24, 2.45) is 5.16 Å². The lowest BCUT2D eigenvalue weighted by molar-refractivity contribution is -0.275. The number of nitrogens with one attached hydrogen (secondary N) is 1. The second-order valence-electron chi connectivity index (χ2n) is 8.33. The van der Waals surface area contributed by atoms with Gasteiger partial charge in [0.05, 0.1) is 33.8 Å². The van der Waals surface area contributed by atoms with Crippen LogP contribution < -0.4 is 5.32 Å². The van der Waals surface area contributed by atoms with Gasteiger partial charge in [-0.2, -0.15) is 13.2 Å². The molecule has 2 N–H and O–H groups in total. The lowest BCUT2D eigenvalue weighted by Crippen LogP contribution is -2.45. The molecule has 2 amide bonds. The van der Waals surface area contributed by atoms with Crippen molar-refractivity contribution in [2.45, 2.75) is 43.8 Å². The van der Waals surface area contributed by atoms with Gasteiger partial charge >= 0.3 is 6.18 Å². The Bertz CT molecular complexity index is 1260. The molecule has 2 aromatic rings. The van der Waals surface area contributed by atoms with Crippen LogP contribution in [0.5, 0.6) is 0 Å². The maximum Gasteiger partial charge on any atom is 0.435 e. The van der Waals surface area contributed by atoms with Crippen molar-refractivity contribution in [1.82, 2.24) is 10.2 Å². The summed E-state index contributed by atoms with van der Waals surface area (Å²) in [4.78, 5) is 30.7. The Balaban J connectivity index is 1.55. The van der Waals surface area contributed by atoms with E-state index in [1.807, 2.05) is 0 Å². The molecule has 192 valence electrons. The lowest BCUT2D eigenvalue weighted by Gasteiger charge is -2.29. The van der Waals surface area contributed by atoms with Crippen molar-refractivity contribution in [3.8, 4) is 0 Å². The fraction of sp³-hybridized carbons (Fsp3) is 0.348. The standard InChI is InChI=1S/C23H19Cl2F4N3O4/c1-2-32-19(33)9-17(21(32)35)30-20(34)13-5-3-11(7-14(13)24)18-10-22(36-31-18,23(27,28)29)12-4-6-16(26)15(25)8-12/h3-8,17,21,35H,2,9-10H2,1H3,(H,30,34)/t17-,21?,22?/m1/s1. The molecule has 0 radical (unpaired) electrons. The summed E-state index contributed by atoms with van der Waals surface area (Å²) in [7, 11) is 0. The van der Waals surface area contributed by atoms with Crippen molar-refractivity contribution in [3.05, 3.63) is 69.0 Å². The van der Waals surface area contributed by atoms with Gasteiger partial charge in [0.15, 0.2) is 0 Å². The second-order valence-corrected chi connectivity index (χ2v) is 9.15. The number of aliphatic hydroxyl groups excluding tert-OH is 1. The molecule has 2 aliphatic heterocycles. The Morgan fingerprint density at radius 3 is 2.56 bits per heavy atom. The quantitative estimate of drug-likeness (QED) is 0.543. The van der Waals surface area contributed by atoms with Gasteiger partial charge in [0.25, 0.3) is 11.5 Å². The minimum absolute atomic E-state index is 0.0121. The molecule has 2 unspecified atom stereocenters. The molecule has 36 heavy (non-hydrogen) atoms. The molecule has 13 heteroatoms. The molecule has 1 saturated heterocycles. The molecule has 0 bridgehead atoms. The molecular weight excluding hydrogens is 529 g/mol. The highest BCUT2D eigenvalue weighted by atomic mass is 35.5. The molecule has 3 atom stereocenters. The van der Waals surface area contributed by atoms with E-state index >= 15 is 0 Å². The minimum atomic E-state index is -4.92. The number of likely N-dealkylation sites (tertiary alicyclic amines) is 1. The Morgan fingerprint density at radius 1 is 1.25 bits per heavy atom. The number of aliphatic hydroxyl groups is 1. The van der Waals surface area contributed by atoms with Gasteiger partial charge in [-0.25, -0.2) is 4.39 Å². The Hall–Kier alpha value is -2.89. The largest absolute Gasteiger partial charge is 0.435 e. The van der Waals surface area contributed by atoms with Crippen molar-refractivity contribution in [1.29, 1.82) is 0 Å². The number of nitrogens with zero attached hydrogens (tertiary/aromatic N) is 2. The number of rotatable bonds is 5. The number of amides is 2. The summed E-state index contributed by atoms with van der Waals surface area (Å²) in [6.07, 6.45) is -6.94. The molecule has 0 spiro atoms. The van der Waals surface area contributed by atoms with Crippen molar-refractivity contribution < 1.29 is 37.1 Å². The number of hydrogen-bond donors (Lipinski definition) is 2. The summed E-state index contributed by atoms with van der Waals surface area (Å²) in [5, 5.41) is 15.8. The number of hydrogen-bond acceptors (Lipinski definition) is 5. The SMILES string of the molecule is CCN1C(=O)C[C@@H](NC(=O)c2ccc(C3=NOC(c4ccc(F)c(Cl)c4)(C(F)(F)F)C3)cc2Cl)C1O. The van der Waals surface area contributed by atoms with Gasteiger partial charge in [-0.3, -0.25) is 9.59 Å². The molecule has 4 rings (SSSR count). The number of oxime groups is 1. The van der Waals surface area contributed by atoms with E-state index in [4.69, 9.17) is 28.0 Å². The van der Waals surface area contributed by atoms with Crippen LogP contribution in [0.4, 0.5) is 17.6 Å². The summed E-state index contributed by atoms with van der Waals surface area (Å²) >= 11 is 11.9. The average molecular weight is 548 g/mol. The van der Waals surface area contributed by atoms with Gasteiger partial charge in [-0.1, -0.05) is 40.5 Å². The van der Waals surface area contributed by atoms with Gasteiger partial charge in [-0.15, -0.1) is 0 Å². The van der Waals surface area contributed by atoms with E-state index in [-0.39, 0.29) is 40.7 Å². The third kappa shape index (κ3) is 4.51. The maximum atomic E-state index is 14.1. The fourth-order valence-corrected chi connectivity index (χ4v) is 4.64. The zero-order valence-electron chi connectivity index (χ0n) is 18.6. The first-order valence-corrected chi connectivity index (χ1v) is 11.5. The van der Waals surface area contributed by atoms with Gasteiger partial charge in [0.1, 0.15) is 12.0 Å². The highest BCUT2D eigenvalue weighted by Gasteiger charge is 2.62. The van der Waals surface area contributed by atoms with Crippen LogP contribution in [0, 0.1) is 5.82 Å². The van der Waals surface area contributed by atoms with Gasteiger partial charge in [0.2, 0.25) is 5.91 Å². The van der Waals surface area contributed by atoms with E-state index in [9.17, 15) is 32.3 Å². The first-order chi connectivity index (χ1) is 16.9. The number of likely N-dealkylation sites (N-methyl/N-ethyl adjacent to an activating group) is 1. The van der Waals surface area contributed by atoms with Crippen LogP contribution in [0.3, 0.4) is 0 Å². The van der Waals surface area contributed by atoms with E-state index in [1.54, 1.807) is 6.92 Å². The number of benzene rings is 2. The monoisotopic (exact) mass is 547 g/mol. The van der Waals surface area contributed by atoms with Crippen LogP contribution in [-0.4, -0.2) is 52.5 Å². The van der Waals surface area contributed by atoms with E-state index in [2.05, 4.69) is 10.5 Å². The highest BCUT2D eigenvalue weighted by molar-refractivity contribution is 6.34. The smallest absolute Gasteiger partial charge is 0.374 e. The zero-order valence-corrected chi connectivity index (χ0v) is 20.1. The van der Waals surface area contributed by atoms with E-state index < -0.39 is 52.8 Å². The molecule has 2 aromatic carbocycles. The normalized spacial score (nSPS) is 24.1. The summed E-state index contributed by atoms with van der Waals surface area (Å²) < 4.78 is 55.9. The third-order valence-electron chi connectivity index (χ3n) is 6.17. The minimum Gasteiger partial charge on any atom is -0.374 e. The third-order valence-corrected chi connectivity index (χ3v) is 6.77. The topological polar surface area (TPSA) is 91.2 Å². The van der Waals surface area contributed by atoms with Crippen LogP contribution in [-0.2, 0) is 15.2 Å². The number of carbonyl (C=O) groups excluding carboxylic acids is 2. The molecule has 2 aliphatic rings. The van der Waals surface area contributed by atoms with Crippen LogP contribution in [0.25, 0.3) is 0 Å². The summed E-state index contributed by atoms with van der Waals surface area (Å²) in [6.45, 7) is 1.96. The van der Waals surface area contributed by atoms with Gasteiger partial charge in [-0.05, 0) is 31.2 Å². The zero-order chi connectivity index (χ0) is 26.4. The first kappa shape index (κ1) is 26.2. The van der Waals surface area contributed by atoms with Crippen molar-refractivity contribution in [3.63, 3.8) is 0 Å². The molecule has 7 nitrogen and oxygen atoms in total. The molecule has 0 aliphatic carbocycles. The fourth-order valence-electron chi connectivity index (χ4n) is 4.20. The van der Waals surface area contributed by atoms with E-state index in [1.165, 1.54) is 23.1 Å². The Morgan fingerprint density at radius 2 is 1.97 bits per heavy atom. The number of carbonyl (C=O) groups is 2. The van der Waals surface area contributed by atoms with Crippen LogP contribution >= 0.6 is 23.2 Å². The number of alkyl halides is 3. The van der Waals surface area contributed by atoms with Crippen LogP contribution in [0.2, 0.25) is 10.0 Å².